The lowest BCUT2D eigenvalue weighted by Gasteiger charge is -2.14. The first-order valence-corrected chi connectivity index (χ1v) is 13.0. The fourth-order valence-corrected chi connectivity index (χ4v) is 3.95. The fraction of sp³-hybridized carbons (Fsp3) is 0.219. The topological polar surface area (TPSA) is 79.4 Å². The highest BCUT2D eigenvalue weighted by Crippen LogP contribution is 2.26. The van der Waals surface area contributed by atoms with Crippen LogP contribution in [-0.4, -0.2) is 48.0 Å². The number of para-hydroxylation sites is 1. The lowest BCUT2D eigenvalue weighted by atomic mass is 10.1. The van der Waals surface area contributed by atoms with Crippen LogP contribution in [0.2, 0.25) is 0 Å². The Morgan fingerprint density at radius 3 is 2.54 bits per heavy atom. The summed E-state index contributed by atoms with van der Waals surface area (Å²) in [6.07, 6.45) is 6.03. The molecule has 2 N–H and O–H groups in total. The standard InChI is InChI=1S/C32H35N5O2/c1-6-7-10-23(3)30-27-11-8-9-12-28(27)35-32(36-30)33-25-16-14-24(15-17-25)31(38)34-29-21-26(18-13-22(29)2)39-20-19-37(4)5/h6-18,21H,19-20H2,1-5H3,(H,34,38)(H,33,35,36)/b7-6-,23-10+. The zero-order chi connectivity index (χ0) is 27.8. The van der Waals surface area contributed by atoms with Gasteiger partial charge in [-0.2, -0.15) is 0 Å². The summed E-state index contributed by atoms with van der Waals surface area (Å²) in [6.45, 7) is 7.37. The van der Waals surface area contributed by atoms with Gasteiger partial charge >= 0.3 is 0 Å². The minimum absolute atomic E-state index is 0.191. The average molecular weight is 522 g/mol. The molecule has 0 aliphatic carbocycles. The normalized spacial score (nSPS) is 11.8. The summed E-state index contributed by atoms with van der Waals surface area (Å²) >= 11 is 0. The second kappa shape index (κ2) is 12.8. The first-order chi connectivity index (χ1) is 18.8. The Morgan fingerprint density at radius 1 is 1.03 bits per heavy atom. The largest absolute Gasteiger partial charge is 0.492 e. The second-order valence-electron chi connectivity index (χ2n) is 9.57. The van der Waals surface area contributed by atoms with E-state index in [0.29, 0.717) is 18.1 Å². The van der Waals surface area contributed by atoms with Crippen LogP contribution in [0, 0.1) is 6.92 Å². The highest BCUT2D eigenvalue weighted by atomic mass is 16.5. The van der Waals surface area contributed by atoms with E-state index in [9.17, 15) is 4.79 Å². The Kier molecular flexibility index (Phi) is 9.07. The smallest absolute Gasteiger partial charge is 0.255 e. The maximum Gasteiger partial charge on any atom is 0.255 e. The molecule has 0 saturated heterocycles. The number of benzene rings is 3. The third kappa shape index (κ3) is 7.30. The number of aryl methyl sites for hydroxylation is 1. The van der Waals surface area contributed by atoms with Crippen molar-refractivity contribution < 1.29 is 9.53 Å². The van der Waals surface area contributed by atoms with E-state index in [1.165, 1.54) is 0 Å². The monoisotopic (exact) mass is 521 g/mol. The number of fused-ring (bicyclic) bond motifs is 1. The van der Waals surface area contributed by atoms with Crippen LogP contribution in [0.25, 0.3) is 16.5 Å². The number of nitrogens with one attached hydrogen (secondary N) is 2. The molecule has 0 unspecified atom stereocenters. The molecular weight excluding hydrogens is 486 g/mol. The Balaban J connectivity index is 1.49. The van der Waals surface area contributed by atoms with E-state index in [0.717, 1.165) is 51.4 Å². The third-order valence-corrected chi connectivity index (χ3v) is 6.18. The Hall–Kier alpha value is -4.49. The number of carbonyl (C=O) groups is 1. The molecule has 39 heavy (non-hydrogen) atoms. The lowest BCUT2D eigenvalue weighted by molar-refractivity contribution is 0.102. The molecule has 0 bridgehead atoms. The van der Waals surface area contributed by atoms with E-state index in [4.69, 9.17) is 14.7 Å². The molecule has 1 amide bonds. The van der Waals surface area contributed by atoms with Gasteiger partial charge in [-0.15, -0.1) is 0 Å². The van der Waals surface area contributed by atoms with Gasteiger partial charge in [0, 0.05) is 34.9 Å². The summed E-state index contributed by atoms with van der Waals surface area (Å²) in [4.78, 5) is 24.5. The summed E-state index contributed by atoms with van der Waals surface area (Å²) < 4.78 is 5.82. The van der Waals surface area contributed by atoms with E-state index in [2.05, 4.69) is 15.5 Å². The Bertz CT molecular complexity index is 1510. The van der Waals surface area contributed by atoms with Gasteiger partial charge in [-0.3, -0.25) is 4.79 Å². The molecule has 0 aliphatic heterocycles. The Morgan fingerprint density at radius 2 is 1.79 bits per heavy atom. The molecule has 7 nitrogen and oxygen atoms in total. The maximum atomic E-state index is 13.0. The van der Waals surface area contributed by atoms with Crippen LogP contribution in [0.15, 0.2) is 85.0 Å². The molecule has 0 spiro atoms. The lowest BCUT2D eigenvalue weighted by Crippen LogP contribution is -2.19. The van der Waals surface area contributed by atoms with Crippen molar-refractivity contribution in [3.63, 3.8) is 0 Å². The molecule has 1 heterocycles. The number of amides is 1. The van der Waals surface area contributed by atoms with Gasteiger partial charge in [0.1, 0.15) is 12.4 Å². The SMILES string of the molecule is C/C=C\C=C(/C)c1nc(Nc2ccc(C(=O)Nc3cc(OCCN(C)C)ccc3C)cc2)nc2ccccc12. The van der Waals surface area contributed by atoms with E-state index < -0.39 is 0 Å². The first kappa shape index (κ1) is 27.5. The number of carbonyl (C=O) groups excluding carboxylic acids is 1. The average Bonchev–Trinajstić information content (AvgIpc) is 2.93. The van der Waals surface area contributed by atoms with Crippen molar-refractivity contribution in [2.24, 2.45) is 0 Å². The number of allylic oxidation sites excluding steroid dienone is 4. The summed E-state index contributed by atoms with van der Waals surface area (Å²) in [5.74, 6) is 1.03. The zero-order valence-corrected chi connectivity index (χ0v) is 23.2. The number of likely N-dealkylation sites (N-methyl/N-ethyl adjacent to an activating group) is 1. The van der Waals surface area contributed by atoms with E-state index >= 15 is 0 Å². The molecule has 200 valence electrons. The molecule has 0 saturated carbocycles. The summed E-state index contributed by atoms with van der Waals surface area (Å²) in [5, 5.41) is 7.29. The maximum absolute atomic E-state index is 13.0. The van der Waals surface area contributed by atoms with Crippen molar-refractivity contribution in [3.8, 4) is 5.75 Å². The van der Waals surface area contributed by atoms with Gasteiger partial charge in [-0.1, -0.05) is 42.5 Å². The predicted octanol–water partition coefficient (Wildman–Crippen LogP) is 6.85. The van der Waals surface area contributed by atoms with Gasteiger partial charge in [0.25, 0.3) is 5.91 Å². The molecule has 0 aliphatic rings. The van der Waals surface area contributed by atoms with Crippen LogP contribution in [0.3, 0.4) is 0 Å². The van der Waals surface area contributed by atoms with E-state index in [1.54, 1.807) is 12.1 Å². The van der Waals surface area contributed by atoms with Gasteiger partial charge < -0.3 is 20.3 Å². The number of anilines is 3. The molecule has 3 aromatic carbocycles. The van der Waals surface area contributed by atoms with Crippen LogP contribution >= 0.6 is 0 Å². The highest BCUT2D eigenvalue weighted by molar-refractivity contribution is 6.05. The number of hydrogen-bond acceptors (Lipinski definition) is 6. The van der Waals surface area contributed by atoms with Crippen molar-refractivity contribution >= 4 is 39.7 Å². The van der Waals surface area contributed by atoms with Crippen LogP contribution in [0.4, 0.5) is 17.3 Å². The van der Waals surface area contributed by atoms with Gasteiger partial charge in [-0.25, -0.2) is 9.97 Å². The van der Waals surface area contributed by atoms with Gasteiger partial charge in [0.2, 0.25) is 5.95 Å². The summed E-state index contributed by atoms with van der Waals surface area (Å²) in [7, 11) is 4.00. The molecule has 4 rings (SSSR count). The third-order valence-electron chi connectivity index (χ3n) is 6.18. The molecular formula is C32H35N5O2. The van der Waals surface area contributed by atoms with Gasteiger partial charge in [0.05, 0.1) is 11.2 Å². The minimum atomic E-state index is -0.191. The first-order valence-electron chi connectivity index (χ1n) is 13.0. The fourth-order valence-electron chi connectivity index (χ4n) is 3.95. The summed E-state index contributed by atoms with van der Waals surface area (Å²) in [6, 6.07) is 21.0. The van der Waals surface area contributed by atoms with Crippen molar-refractivity contribution in [1.82, 2.24) is 14.9 Å². The van der Waals surface area contributed by atoms with Crippen molar-refractivity contribution in [2.45, 2.75) is 20.8 Å². The number of rotatable bonds is 10. The van der Waals surface area contributed by atoms with Crippen LogP contribution in [-0.2, 0) is 0 Å². The highest BCUT2D eigenvalue weighted by Gasteiger charge is 2.12. The van der Waals surface area contributed by atoms with Crippen molar-refractivity contribution in [1.29, 1.82) is 0 Å². The number of nitrogens with zero attached hydrogens (tertiary/aromatic N) is 3. The number of ether oxygens (including phenoxy) is 1. The molecule has 1 aromatic heterocycles. The Labute approximate surface area is 230 Å². The van der Waals surface area contributed by atoms with Gasteiger partial charge in [-0.05, 0) is 82.4 Å². The van der Waals surface area contributed by atoms with Gasteiger partial charge in [0.15, 0.2) is 0 Å². The molecule has 4 aromatic rings. The quantitative estimate of drug-likeness (QED) is 0.222. The number of aromatic nitrogens is 2. The molecule has 0 radical (unpaired) electrons. The number of hydrogen-bond donors (Lipinski definition) is 2. The predicted molar refractivity (Wildman–Crippen MR) is 161 cm³/mol. The van der Waals surface area contributed by atoms with Crippen LogP contribution in [0.5, 0.6) is 5.75 Å². The molecule has 0 fully saturated rings. The second-order valence-corrected chi connectivity index (χ2v) is 9.57. The van der Waals surface area contributed by atoms with E-state index in [-0.39, 0.29) is 5.91 Å². The van der Waals surface area contributed by atoms with E-state index in [1.807, 2.05) is 108 Å². The van der Waals surface area contributed by atoms with Crippen LogP contribution < -0.4 is 15.4 Å². The summed E-state index contributed by atoms with van der Waals surface area (Å²) in [5.41, 5.74) is 5.80. The zero-order valence-electron chi connectivity index (χ0n) is 23.2. The minimum Gasteiger partial charge on any atom is -0.492 e. The van der Waals surface area contributed by atoms with Crippen molar-refractivity contribution in [3.05, 3.63) is 102 Å². The van der Waals surface area contributed by atoms with Crippen molar-refractivity contribution in [2.75, 3.05) is 37.9 Å². The molecule has 0 atom stereocenters. The molecule has 7 heteroatoms. The van der Waals surface area contributed by atoms with Crippen LogP contribution in [0.1, 0.15) is 35.5 Å².